The van der Waals surface area contributed by atoms with Crippen LogP contribution in [0.3, 0.4) is 0 Å². The van der Waals surface area contributed by atoms with Crippen molar-refractivity contribution in [3.05, 3.63) is 94.0 Å². The van der Waals surface area contributed by atoms with E-state index >= 15 is 0 Å². The van der Waals surface area contributed by atoms with E-state index < -0.39 is 12.0 Å². The molecular formula is C23H20Cl2N2O3. The standard InChI is InChI=1S/C23H20Cl2N2O3/c1-16(23(28)27-26-14-20-21(24)8-5-9-22(20)25)30-19-12-10-18(11-13-19)29-15-17-6-3-2-4-7-17/h2-14,16H,15H2,1H3,(H,27,28). The molecule has 3 aromatic carbocycles. The molecule has 7 heteroatoms. The molecular weight excluding hydrogens is 423 g/mol. The third-order valence-electron chi connectivity index (χ3n) is 4.12. The molecule has 0 aliphatic carbocycles. The summed E-state index contributed by atoms with van der Waals surface area (Å²) in [4.78, 5) is 12.2. The fraction of sp³-hybridized carbons (Fsp3) is 0.130. The number of carbonyl (C=O) groups is 1. The summed E-state index contributed by atoms with van der Waals surface area (Å²) in [7, 11) is 0. The number of benzene rings is 3. The molecule has 1 amide bonds. The highest BCUT2D eigenvalue weighted by molar-refractivity contribution is 6.38. The number of hydrogen-bond acceptors (Lipinski definition) is 4. The summed E-state index contributed by atoms with van der Waals surface area (Å²) in [6.07, 6.45) is 0.647. The maximum absolute atomic E-state index is 12.2. The lowest BCUT2D eigenvalue weighted by atomic mass is 10.2. The number of hydrogen-bond donors (Lipinski definition) is 1. The van der Waals surface area contributed by atoms with Crippen LogP contribution in [0.15, 0.2) is 77.9 Å². The molecule has 0 aliphatic rings. The van der Waals surface area contributed by atoms with E-state index in [2.05, 4.69) is 10.5 Å². The number of carbonyl (C=O) groups excluding carboxylic acids is 1. The van der Waals surface area contributed by atoms with E-state index in [4.69, 9.17) is 32.7 Å². The highest BCUT2D eigenvalue weighted by atomic mass is 35.5. The van der Waals surface area contributed by atoms with E-state index in [1.165, 1.54) is 6.21 Å². The zero-order valence-corrected chi connectivity index (χ0v) is 17.7. The minimum atomic E-state index is -0.750. The van der Waals surface area contributed by atoms with E-state index in [-0.39, 0.29) is 0 Å². The predicted molar refractivity (Wildman–Crippen MR) is 120 cm³/mol. The monoisotopic (exact) mass is 442 g/mol. The van der Waals surface area contributed by atoms with E-state index in [1.807, 2.05) is 30.3 Å². The Morgan fingerprint density at radius 1 is 0.967 bits per heavy atom. The summed E-state index contributed by atoms with van der Waals surface area (Å²) in [6, 6.07) is 22.1. The van der Waals surface area contributed by atoms with Gasteiger partial charge in [-0.05, 0) is 48.9 Å². The molecule has 0 bridgehead atoms. The van der Waals surface area contributed by atoms with Crippen LogP contribution in [0.1, 0.15) is 18.1 Å². The maximum atomic E-state index is 12.2. The van der Waals surface area contributed by atoms with Crippen LogP contribution in [-0.2, 0) is 11.4 Å². The lowest BCUT2D eigenvalue weighted by molar-refractivity contribution is -0.127. The molecule has 3 rings (SSSR count). The largest absolute Gasteiger partial charge is 0.489 e. The molecule has 0 saturated carbocycles. The van der Waals surface area contributed by atoms with E-state index in [0.717, 1.165) is 5.56 Å². The van der Waals surface area contributed by atoms with Crippen molar-refractivity contribution in [3.63, 3.8) is 0 Å². The Morgan fingerprint density at radius 3 is 2.27 bits per heavy atom. The second kappa shape index (κ2) is 10.7. The number of halogens is 2. The van der Waals surface area contributed by atoms with E-state index in [0.29, 0.717) is 33.7 Å². The van der Waals surface area contributed by atoms with Gasteiger partial charge >= 0.3 is 0 Å². The number of nitrogens with one attached hydrogen (secondary N) is 1. The topological polar surface area (TPSA) is 59.9 Å². The Hall–Kier alpha value is -3.02. The molecule has 0 radical (unpaired) electrons. The van der Waals surface area contributed by atoms with Crippen molar-refractivity contribution < 1.29 is 14.3 Å². The number of nitrogens with zero attached hydrogens (tertiary/aromatic N) is 1. The summed E-state index contributed by atoms with van der Waals surface area (Å²) in [5.74, 6) is 0.853. The Bertz CT molecular complexity index is 988. The van der Waals surface area contributed by atoms with Gasteiger partial charge in [0.05, 0.1) is 16.3 Å². The second-order valence-corrected chi connectivity index (χ2v) is 7.19. The van der Waals surface area contributed by atoms with Crippen molar-refractivity contribution in [2.24, 2.45) is 5.10 Å². The van der Waals surface area contributed by atoms with Crippen molar-refractivity contribution in [3.8, 4) is 11.5 Å². The van der Waals surface area contributed by atoms with Crippen LogP contribution in [0.25, 0.3) is 0 Å². The van der Waals surface area contributed by atoms with Gasteiger partial charge in [-0.2, -0.15) is 5.10 Å². The first kappa shape index (κ1) is 21.7. The van der Waals surface area contributed by atoms with Crippen molar-refractivity contribution in [1.82, 2.24) is 5.43 Å². The van der Waals surface area contributed by atoms with Crippen LogP contribution in [0.4, 0.5) is 0 Å². The smallest absolute Gasteiger partial charge is 0.280 e. The molecule has 0 aliphatic heterocycles. The Balaban J connectivity index is 1.49. The lowest BCUT2D eigenvalue weighted by Crippen LogP contribution is -2.33. The molecule has 1 unspecified atom stereocenters. The minimum Gasteiger partial charge on any atom is -0.489 e. The average molecular weight is 443 g/mol. The molecule has 1 atom stereocenters. The highest BCUT2D eigenvalue weighted by Gasteiger charge is 2.14. The number of amides is 1. The number of hydrazone groups is 1. The fourth-order valence-electron chi connectivity index (χ4n) is 2.50. The lowest BCUT2D eigenvalue weighted by Gasteiger charge is -2.13. The van der Waals surface area contributed by atoms with Crippen molar-refractivity contribution in [1.29, 1.82) is 0 Å². The summed E-state index contributed by atoms with van der Waals surface area (Å²) in [6.45, 7) is 2.11. The molecule has 154 valence electrons. The fourth-order valence-corrected chi connectivity index (χ4v) is 2.99. The van der Waals surface area contributed by atoms with Crippen LogP contribution in [0.2, 0.25) is 10.0 Å². The normalized spacial score (nSPS) is 11.8. The summed E-state index contributed by atoms with van der Waals surface area (Å²) < 4.78 is 11.4. The maximum Gasteiger partial charge on any atom is 0.280 e. The van der Waals surface area contributed by atoms with Crippen molar-refractivity contribution in [2.45, 2.75) is 19.6 Å². The van der Waals surface area contributed by atoms with Crippen LogP contribution in [0.5, 0.6) is 11.5 Å². The van der Waals surface area contributed by atoms with Gasteiger partial charge in [-0.1, -0.05) is 59.6 Å². The molecule has 0 fully saturated rings. The molecule has 30 heavy (non-hydrogen) atoms. The van der Waals surface area contributed by atoms with Gasteiger partial charge in [0.15, 0.2) is 6.10 Å². The number of ether oxygens (including phenoxy) is 2. The molecule has 0 heterocycles. The summed E-state index contributed by atoms with van der Waals surface area (Å²) in [5, 5.41) is 4.79. The second-order valence-electron chi connectivity index (χ2n) is 6.38. The minimum absolute atomic E-state index is 0.404. The quantitative estimate of drug-likeness (QED) is 0.370. The zero-order valence-electron chi connectivity index (χ0n) is 16.2. The third kappa shape index (κ3) is 6.24. The highest BCUT2D eigenvalue weighted by Crippen LogP contribution is 2.22. The summed E-state index contributed by atoms with van der Waals surface area (Å²) in [5.41, 5.74) is 4.03. The van der Waals surface area contributed by atoms with Gasteiger partial charge in [-0.15, -0.1) is 0 Å². The molecule has 0 saturated heterocycles. The van der Waals surface area contributed by atoms with Crippen LogP contribution in [0, 0.1) is 0 Å². The third-order valence-corrected chi connectivity index (χ3v) is 4.78. The average Bonchev–Trinajstić information content (AvgIpc) is 2.76. The molecule has 0 aromatic heterocycles. The Labute approximate surface area is 185 Å². The van der Waals surface area contributed by atoms with Crippen molar-refractivity contribution in [2.75, 3.05) is 0 Å². The van der Waals surface area contributed by atoms with Gasteiger partial charge in [-0.3, -0.25) is 4.79 Å². The van der Waals surface area contributed by atoms with E-state index in [9.17, 15) is 4.79 Å². The van der Waals surface area contributed by atoms with Gasteiger partial charge < -0.3 is 9.47 Å². The summed E-state index contributed by atoms with van der Waals surface area (Å²) >= 11 is 12.1. The zero-order chi connectivity index (χ0) is 21.3. The van der Waals surface area contributed by atoms with Crippen LogP contribution < -0.4 is 14.9 Å². The first-order valence-electron chi connectivity index (χ1n) is 9.23. The molecule has 0 spiro atoms. The Kier molecular flexibility index (Phi) is 7.71. The van der Waals surface area contributed by atoms with Crippen molar-refractivity contribution >= 4 is 35.3 Å². The first-order valence-corrected chi connectivity index (χ1v) is 9.99. The van der Waals surface area contributed by atoms with Gasteiger partial charge in [0.1, 0.15) is 18.1 Å². The SMILES string of the molecule is CC(Oc1ccc(OCc2ccccc2)cc1)C(=O)NN=Cc1c(Cl)cccc1Cl. The Morgan fingerprint density at radius 2 is 1.60 bits per heavy atom. The van der Waals surface area contributed by atoms with Gasteiger partial charge in [-0.25, -0.2) is 5.43 Å². The van der Waals surface area contributed by atoms with Crippen LogP contribution >= 0.6 is 23.2 Å². The first-order chi connectivity index (χ1) is 14.5. The molecule has 3 aromatic rings. The number of rotatable bonds is 8. The van der Waals surface area contributed by atoms with Gasteiger partial charge in [0.25, 0.3) is 5.91 Å². The van der Waals surface area contributed by atoms with Gasteiger partial charge in [0, 0.05) is 5.56 Å². The molecule has 5 nitrogen and oxygen atoms in total. The van der Waals surface area contributed by atoms with Gasteiger partial charge in [0.2, 0.25) is 0 Å². The van der Waals surface area contributed by atoms with Crippen LogP contribution in [-0.4, -0.2) is 18.2 Å². The molecule has 1 N–H and O–H groups in total. The predicted octanol–water partition coefficient (Wildman–Crippen LogP) is 5.49. The van der Waals surface area contributed by atoms with E-state index in [1.54, 1.807) is 49.4 Å².